The molecule has 3 N–H and O–H groups in total. The highest BCUT2D eigenvalue weighted by atomic mass is 32.2. The molecule has 0 spiro atoms. The molecule has 1 fully saturated rings. The molecule has 2 heterocycles. The van der Waals surface area contributed by atoms with E-state index >= 15 is 0 Å². The number of hydrogen-bond donors (Lipinski definition) is 3. The summed E-state index contributed by atoms with van der Waals surface area (Å²) in [7, 11) is -3.55. The summed E-state index contributed by atoms with van der Waals surface area (Å²) in [6.45, 7) is 1.05. The van der Waals surface area contributed by atoms with Crippen molar-refractivity contribution in [1.82, 2.24) is 9.29 Å². The number of aromatic nitrogens is 1. The molecule has 1 aliphatic rings. The number of hydrogen-bond acceptors (Lipinski definition) is 4. The summed E-state index contributed by atoms with van der Waals surface area (Å²) < 4.78 is 26.6. The topological polar surface area (TPSA) is 94.3 Å². The maximum atomic E-state index is 12.6. The summed E-state index contributed by atoms with van der Waals surface area (Å²) in [6, 6.07) is 18.5. The molecule has 1 saturated heterocycles. The Morgan fingerprint density at radius 1 is 0.897 bits per heavy atom. The van der Waals surface area contributed by atoms with Crippen LogP contribution in [0.2, 0.25) is 0 Å². The first-order chi connectivity index (χ1) is 14.0. The number of nitrogens with zero attached hydrogens (tertiary/aromatic N) is 1. The van der Waals surface area contributed by atoms with Gasteiger partial charge in [-0.15, -0.1) is 0 Å². The largest absolute Gasteiger partial charge is 0.356 e. The smallest absolute Gasteiger partial charge is 0.272 e. The molecule has 7 nitrogen and oxygen atoms in total. The molecule has 150 valence electrons. The Balaban J connectivity index is 1.41. The molecule has 0 bridgehead atoms. The molecule has 1 aromatic heterocycles. The van der Waals surface area contributed by atoms with Gasteiger partial charge in [0.1, 0.15) is 10.6 Å². The van der Waals surface area contributed by atoms with Gasteiger partial charge in [-0.25, -0.2) is 8.42 Å². The lowest BCUT2D eigenvalue weighted by Crippen LogP contribution is -2.27. The number of sulfonamides is 1. The van der Waals surface area contributed by atoms with Crippen molar-refractivity contribution in [2.75, 3.05) is 23.7 Å². The van der Waals surface area contributed by atoms with E-state index in [4.69, 9.17) is 0 Å². The quantitative estimate of drug-likeness (QED) is 0.576. The second-order valence-corrected chi connectivity index (χ2v) is 8.82. The van der Waals surface area contributed by atoms with E-state index in [9.17, 15) is 13.2 Å². The number of para-hydroxylation sites is 1. The summed E-state index contributed by atoms with van der Waals surface area (Å²) >= 11 is 0. The standard InChI is InChI=1S/C21H22N4O3S/c26-21(20-14-19(15-22-20)29(27,28)25-12-4-5-13-25)24-18-10-8-17(9-11-18)23-16-6-2-1-3-7-16/h1-3,6-11,14-15,22-23H,4-5,12-13H2,(H,24,26). The minimum absolute atomic E-state index is 0.118. The van der Waals surface area contributed by atoms with Gasteiger partial charge in [0, 0.05) is 36.3 Å². The molecule has 0 unspecified atom stereocenters. The number of amides is 1. The van der Waals surface area contributed by atoms with Gasteiger partial charge < -0.3 is 15.6 Å². The number of aromatic amines is 1. The number of carbonyl (C=O) groups is 1. The van der Waals surface area contributed by atoms with Crippen molar-refractivity contribution in [3.05, 3.63) is 72.6 Å². The Morgan fingerprint density at radius 3 is 2.21 bits per heavy atom. The van der Waals surface area contributed by atoms with Gasteiger partial charge in [-0.3, -0.25) is 4.79 Å². The number of anilines is 3. The number of nitrogens with one attached hydrogen (secondary N) is 3. The number of H-pyrrole nitrogens is 1. The third-order valence-corrected chi connectivity index (χ3v) is 6.69. The van der Waals surface area contributed by atoms with E-state index < -0.39 is 15.9 Å². The summed E-state index contributed by atoms with van der Waals surface area (Å²) in [5.74, 6) is -0.392. The highest BCUT2D eigenvalue weighted by molar-refractivity contribution is 7.89. The van der Waals surface area contributed by atoms with E-state index in [2.05, 4.69) is 15.6 Å². The van der Waals surface area contributed by atoms with Crippen molar-refractivity contribution in [2.24, 2.45) is 0 Å². The predicted octanol–water partition coefficient (Wildman–Crippen LogP) is 3.80. The molecule has 1 amide bonds. The highest BCUT2D eigenvalue weighted by Gasteiger charge is 2.28. The van der Waals surface area contributed by atoms with Crippen molar-refractivity contribution in [2.45, 2.75) is 17.7 Å². The van der Waals surface area contributed by atoms with Crippen LogP contribution in [-0.2, 0) is 10.0 Å². The van der Waals surface area contributed by atoms with Gasteiger partial charge in [0.05, 0.1) is 0 Å². The minimum Gasteiger partial charge on any atom is -0.356 e. The van der Waals surface area contributed by atoms with Gasteiger partial charge in [0.2, 0.25) is 10.0 Å². The van der Waals surface area contributed by atoms with Crippen molar-refractivity contribution in [1.29, 1.82) is 0 Å². The summed E-state index contributed by atoms with van der Waals surface area (Å²) in [6.07, 6.45) is 3.10. The van der Waals surface area contributed by atoms with E-state index in [0.29, 0.717) is 18.8 Å². The Kier molecular flexibility index (Phi) is 5.37. The molecule has 0 aliphatic carbocycles. The molecular formula is C21H22N4O3S. The zero-order chi connectivity index (χ0) is 20.3. The maximum Gasteiger partial charge on any atom is 0.272 e. The average molecular weight is 410 g/mol. The Hall–Kier alpha value is -3.10. The van der Waals surface area contributed by atoms with Gasteiger partial charge >= 0.3 is 0 Å². The van der Waals surface area contributed by atoms with Crippen LogP contribution in [0.4, 0.5) is 17.1 Å². The average Bonchev–Trinajstić information content (AvgIpc) is 3.43. The molecule has 2 aromatic carbocycles. The maximum absolute atomic E-state index is 12.6. The molecule has 8 heteroatoms. The fourth-order valence-electron chi connectivity index (χ4n) is 3.26. The SMILES string of the molecule is O=C(Nc1ccc(Nc2ccccc2)cc1)c1cc(S(=O)(=O)N2CCCC2)c[nH]1. The van der Waals surface area contributed by atoms with Gasteiger partial charge in [0.15, 0.2) is 0 Å². The van der Waals surface area contributed by atoms with E-state index in [1.54, 1.807) is 12.1 Å². The van der Waals surface area contributed by atoms with Gasteiger partial charge in [-0.1, -0.05) is 18.2 Å². The van der Waals surface area contributed by atoms with Crippen LogP contribution in [0, 0.1) is 0 Å². The molecule has 0 atom stereocenters. The zero-order valence-electron chi connectivity index (χ0n) is 15.8. The monoisotopic (exact) mass is 410 g/mol. The van der Waals surface area contributed by atoms with E-state index in [1.807, 2.05) is 42.5 Å². The first-order valence-corrected chi connectivity index (χ1v) is 10.9. The van der Waals surface area contributed by atoms with Gasteiger partial charge in [-0.2, -0.15) is 4.31 Å². The Labute approximate surface area is 169 Å². The molecule has 0 saturated carbocycles. The summed E-state index contributed by atoms with van der Waals surface area (Å²) in [5.41, 5.74) is 2.69. The molecule has 0 radical (unpaired) electrons. The third kappa shape index (κ3) is 4.33. The Bertz CT molecular complexity index is 1090. The zero-order valence-corrected chi connectivity index (χ0v) is 16.6. The van der Waals surface area contributed by atoms with Crippen LogP contribution in [0.3, 0.4) is 0 Å². The predicted molar refractivity (Wildman–Crippen MR) is 113 cm³/mol. The van der Waals surface area contributed by atoms with E-state index in [0.717, 1.165) is 24.2 Å². The summed E-state index contributed by atoms with van der Waals surface area (Å²) in [5, 5.41) is 6.05. The molecular weight excluding hydrogens is 388 g/mol. The lowest BCUT2D eigenvalue weighted by Gasteiger charge is -2.13. The first-order valence-electron chi connectivity index (χ1n) is 9.44. The van der Waals surface area contributed by atoms with Crippen LogP contribution in [0.15, 0.2) is 71.8 Å². The normalized spacial score (nSPS) is 14.6. The van der Waals surface area contributed by atoms with Crippen molar-refractivity contribution < 1.29 is 13.2 Å². The van der Waals surface area contributed by atoms with Crippen LogP contribution in [0.5, 0.6) is 0 Å². The Morgan fingerprint density at radius 2 is 1.52 bits per heavy atom. The fraction of sp³-hybridized carbons (Fsp3) is 0.190. The lowest BCUT2D eigenvalue weighted by molar-refractivity contribution is 0.102. The number of benzene rings is 2. The third-order valence-electron chi connectivity index (χ3n) is 4.81. The molecule has 3 aromatic rings. The van der Waals surface area contributed by atoms with Crippen LogP contribution in [-0.4, -0.2) is 36.7 Å². The number of carbonyl (C=O) groups excluding carboxylic acids is 1. The van der Waals surface area contributed by atoms with Crippen molar-refractivity contribution >= 4 is 33.0 Å². The van der Waals surface area contributed by atoms with Crippen LogP contribution in [0.25, 0.3) is 0 Å². The second-order valence-electron chi connectivity index (χ2n) is 6.88. The van der Waals surface area contributed by atoms with Crippen LogP contribution in [0.1, 0.15) is 23.3 Å². The van der Waals surface area contributed by atoms with Crippen molar-refractivity contribution in [3.63, 3.8) is 0 Å². The highest BCUT2D eigenvalue weighted by Crippen LogP contribution is 2.22. The molecule has 4 rings (SSSR count). The van der Waals surface area contributed by atoms with Crippen LogP contribution >= 0.6 is 0 Å². The van der Waals surface area contributed by atoms with E-state index in [-0.39, 0.29) is 10.6 Å². The second kappa shape index (κ2) is 8.10. The minimum atomic E-state index is -3.55. The molecule has 1 aliphatic heterocycles. The van der Waals surface area contributed by atoms with Gasteiger partial charge in [0.25, 0.3) is 5.91 Å². The van der Waals surface area contributed by atoms with Crippen LogP contribution < -0.4 is 10.6 Å². The molecule has 29 heavy (non-hydrogen) atoms. The van der Waals surface area contributed by atoms with Gasteiger partial charge in [-0.05, 0) is 55.3 Å². The first kappa shape index (κ1) is 19.2. The van der Waals surface area contributed by atoms with Crippen molar-refractivity contribution in [3.8, 4) is 0 Å². The fourth-order valence-corrected chi connectivity index (χ4v) is 4.77. The summed E-state index contributed by atoms with van der Waals surface area (Å²) in [4.78, 5) is 15.4. The van der Waals surface area contributed by atoms with E-state index in [1.165, 1.54) is 16.6 Å². The number of rotatable bonds is 6. The lowest BCUT2D eigenvalue weighted by atomic mass is 10.2.